The number of imidazole rings is 1. The molecule has 5 nitrogen and oxygen atoms in total. The van der Waals surface area contributed by atoms with Crippen LogP contribution in [-0.4, -0.2) is 41.3 Å². The number of hydrogen-bond acceptors (Lipinski definition) is 4. The summed E-state index contributed by atoms with van der Waals surface area (Å²) in [4.78, 5) is 11.8. The zero-order valence-corrected chi connectivity index (χ0v) is 15.7. The molecule has 136 valence electrons. The fourth-order valence-electron chi connectivity index (χ4n) is 3.73. The van der Waals surface area contributed by atoms with Gasteiger partial charge in [-0.15, -0.1) is 0 Å². The first-order valence-corrected chi connectivity index (χ1v) is 9.44. The van der Waals surface area contributed by atoms with Gasteiger partial charge in [-0.3, -0.25) is 0 Å². The number of nitrogens with zero attached hydrogens (tertiary/aromatic N) is 4. The second-order valence-electron chi connectivity index (χ2n) is 6.74. The van der Waals surface area contributed by atoms with E-state index in [9.17, 15) is 0 Å². The first kappa shape index (κ1) is 17.3. The Balaban J connectivity index is 1.57. The Kier molecular flexibility index (Phi) is 5.09. The third-order valence-electron chi connectivity index (χ3n) is 5.05. The summed E-state index contributed by atoms with van der Waals surface area (Å²) in [7, 11) is 1.73. The molecule has 0 spiro atoms. The maximum absolute atomic E-state index is 6.34. The maximum Gasteiger partial charge on any atom is 0.129 e. The van der Waals surface area contributed by atoms with Gasteiger partial charge < -0.3 is 14.2 Å². The largest absolute Gasteiger partial charge is 0.383 e. The summed E-state index contributed by atoms with van der Waals surface area (Å²) >= 11 is 6.34. The normalized spacial score (nSPS) is 17.8. The van der Waals surface area contributed by atoms with E-state index < -0.39 is 0 Å². The summed E-state index contributed by atoms with van der Waals surface area (Å²) < 4.78 is 7.43. The lowest BCUT2D eigenvalue weighted by molar-refractivity contribution is 0.185. The summed E-state index contributed by atoms with van der Waals surface area (Å²) in [6.45, 7) is 3.47. The first-order valence-electron chi connectivity index (χ1n) is 9.06. The fraction of sp³-hybridized carbons (Fsp3) is 0.400. The zero-order valence-electron chi connectivity index (χ0n) is 14.9. The van der Waals surface area contributed by atoms with E-state index >= 15 is 0 Å². The predicted molar refractivity (Wildman–Crippen MR) is 105 cm³/mol. The van der Waals surface area contributed by atoms with E-state index in [1.165, 1.54) is 0 Å². The van der Waals surface area contributed by atoms with Crippen LogP contribution < -0.4 is 4.90 Å². The zero-order chi connectivity index (χ0) is 17.9. The van der Waals surface area contributed by atoms with E-state index in [-0.39, 0.29) is 0 Å². The highest BCUT2D eigenvalue weighted by molar-refractivity contribution is 6.35. The quantitative estimate of drug-likeness (QED) is 0.677. The molecule has 3 aromatic rings. The Morgan fingerprint density at radius 3 is 3.08 bits per heavy atom. The summed E-state index contributed by atoms with van der Waals surface area (Å²) in [6, 6.07) is 10.1. The van der Waals surface area contributed by atoms with Crippen molar-refractivity contribution in [3.63, 3.8) is 0 Å². The maximum atomic E-state index is 6.34. The minimum absolute atomic E-state index is 0.402. The molecule has 0 bridgehead atoms. The number of pyridine rings is 1. The lowest BCUT2D eigenvalue weighted by Crippen LogP contribution is -2.36. The number of anilines is 1. The number of ether oxygens (including phenoxy) is 1. The van der Waals surface area contributed by atoms with Crippen LogP contribution in [0.4, 0.5) is 5.82 Å². The van der Waals surface area contributed by atoms with Crippen molar-refractivity contribution in [3.8, 4) is 0 Å². The molecular weight excluding hydrogens is 348 g/mol. The Hall–Kier alpha value is -2.11. The van der Waals surface area contributed by atoms with Crippen molar-refractivity contribution in [1.82, 2.24) is 14.5 Å². The molecule has 6 heteroatoms. The van der Waals surface area contributed by atoms with Crippen molar-refractivity contribution in [2.75, 3.05) is 31.7 Å². The average Bonchev–Trinajstić information content (AvgIpc) is 3.15. The number of benzene rings is 1. The molecule has 1 aliphatic rings. The van der Waals surface area contributed by atoms with Crippen molar-refractivity contribution in [2.45, 2.75) is 25.3 Å². The highest BCUT2D eigenvalue weighted by Gasteiger charge is 2.25. The topological polar surface area (TPSA) is 43.2 Å². The van der Waals surface area contributed by atoms with Crippen LogP contribution in [0.2, 0.25) is 5.02 Å². The minimum Gasteiger partial charge on any atom is -0.383 e. The molecule has 1 fully saturated rings. The molecule has 3 heterocycles. The predicted octanol–water partition coefficient (Wildman–Crippen LogP) is 4.12. The lowest BCUT2D eigenvalue weighted by atomic mass is 9.97. The van der Waals surface area contributed by atoms with E-state index in [1.807, 2.05) is 30.6 Å². The second-order valence-corrected chi connectivity index (χ2v) is 7.15. The second kappa shape index (κ2) is 7.64. The van der Waals surface area contributed by atoms with Gasteiger partial charge in [-0.25, -0.2) is 9.97 Å². The summed E-state index contributed by atoms with van der Waals surface area (Å²) in [6.07, 6.45) is 6.21. The van der Waals surface area contributed by atoms with E-state index in [0.29, 0.717) is 17.5 Å². The molecule has 0 saturated carbocycles. The monoisotopic (exact) mass is 370 g/mol. The molecule has 1 saturated heterocycles. The minimum atomic E-state index is 0.402. The van der Waals surface area contributed by atoms with Gasteiger partial charge in [-0.1, -0.05) is 23.7 Å². The molecule has 0 amide bonds. The van der Waals surface area contributed by atoms with Crippen LogP contribution in [0.1, 0.15) is 24.6 Å². The van der Waals surface area contributed by atoms with Crippen LogP contribution in [-0.2, 0) is 11.3 Å². The summed E-state index contributed by atoms with van der Waals surface area (Å²) in [5, 5.41) is 1.78. The summed E-state index contributed by atoms with van der Waals surface area (Å²) in [5.41, 5.74) is 0.871. The van der Waals surface area contributed by atoms with Crippen LogP contribution in [0.15, 0.2) is 42.7 Å². The molecule has 1 aliphatic heterocycles. The Bertz CT molecular complexity index is 894. The molecule has 0 radical (unpaired) electrons. The van der Waals surface area contributed by atoms with Gasteiger partial charge in [0, 0.05) is 50.4 Å². The van der Waals surface area contributed by atoms with E-state index in [0.717, 1.165) is 55.0 Å². The fourth-order valence-corrected chi connectivity index (χ4v) is 3.96. The summed E-state index contributed by atoms with van der Waals surface area (Å²) in [5.74, 6) is 2.54. The van der Waals surface area contributed by atoms with Gasteiger partial charge in [0.1, 0.15) is 11.6 Å². The number of para-hydroxylation sites is 1. The van der Waals surface area contributed by atoms with Gasteiger partial charge in [0.15, 0.2) is 0 Å². The molecule has 26 heavy (non-hydrogen) atoms. The smallest absolute Gasteiger partial charge is 0.129 e. The molecule has 1 atom stereocenters. The van der Waals surface area contributed by atoms with Gasteiger partial charge in [0.05, 0.1) is 17.1 Å². The molecular formula is C20H23ClN4O. The highest BCUT2D eigenvalue weighted by Crippen LogP contribution is 2.30. The standard InChI is InChI=1S/C20H23ClN4O/c1-26-13-12-24-11-9-22-20(24)16-5-3-10-25(14-16)18-8-7-15-4-2-6-17(21)19(15)23-18/h2,4,6-9,11,16H,3,5,10,12-14H2,1H3. The van der Waals surface area contributed by atoms with Gasteiger partial charge >= 0.3 is 0 Å². The van der Waals surface area contributed by atoms with Gasteiger partial charge in [0.25, 0.3) is 0 Å². The number of piperidine rings is 1. The third kappa shape index (κ3) is 3.41. The Morgan fingerprint density at radius 1 is 1.27 bits per heavy atom. The number of methoxy groups -OCH3 is 1. The van der Waals surface area contributed by atoms with Crippen molar-refractivity contribution >= 4 is 28.3 Å². The number of aromatic nitrogens is 3. The number of rotatable bonds is 5. The molecule has 4 rings (SSSR count). The number of hydrogen-bond donors (Lipinski definition) is 0. The average molecular weight is 371 g/mol. The van der Waals surface area contributed by atoms with E-state index in [1.54, 1.807) is 7.11 Å². The van der Waals surface area contributed by atoms with E-state index in [2.05, 4.69) is 26.6 Å². The molecule has 1 aromatic carbocycles. The van der Waals surface area contributed by atoms with Crippen molar-refractivity contribution in [3.05, 3.63) is 53.6 Å². The first-order chi connectivity index (χ1) is 12.8. The third-order valence-corrected chi connectivity index (χ3v) is 5.36. The van der Waals surface area contributed by atoms with Crippen molar-refractivity contribution in [2.24, 2.45) is 0 Å². The van der Waals surface area contributed by atoms with Crippen molar-refractivity contribution < 1.29 is 4.74 Å². The van der Waals surface area contributed by atoms with Crippen molar-refractivity contribution in [1.29, 1.82) is 0 Å². The van der Waals surface area contributed by atoms with Gasteiger partial charge in [-0.2, -0.15) is 0 Å². The molecule has 1 unspecified atom stereocenters. The lowest BCUT2D eigenvalue weighted by Gasteiger charge is -2.33. The van der Waals surface area contributed by atoms with Gasteiger partial charge in [0.2, 0.25) is 0 Å². The highest BCUT2D eigenvalue weighted by atomic mass is 35.5. The van der Waals surface area contributed by atoms with Crippen LogP contribution in [0.5, 0.6) is 0 Å². The molecule has 2 aromatic heterocycles. The molecule has 0 N–H and O–H groups in total. The van der Waals surface area contributed by atoms with Crippen LogP contribution >= 0.6 is 11.6 Å². The van der Waals surface area contributed by atoms with Crippen LogP contribution in [0.25, 0.3) is 10.9 Å². The number of fused-ring (bicyclic) bond motifs is 1. The van der Waals surface area contributed by atoms with Crippen LogP contribution in [0, 0.1) is 0 Å². The van der Waals surface area contributed by atoms with E-state index in [4.69, 9.17) is 21.3 Å². The van der Waals surface area contributed by atoms with Crippen LogP contribution in [0.3, 0.4) is 0 Å². The Labute approximate surface area is 158 Å². The SMILES string of the molecule is COCCn1ccnc1C1CCCN(c2ccc3cccc(Cl)c3n2)C1. The molecule has 0 aliphatic carbocycles. The number of halogens is 1. The van der Waals surface area contributed by atoms with Gasteiger partial charge in [-0.05, 0) is 31.0 Å². The Morgan fingerprint density at radius 2 is 2.19 bits per heavy atom.